The van der Waals surface area contributed by atoms with E-state index in [0.717, 1.165) is 0 Å². The zero-order valence-electron chi connectivity index (χ0n) is 10.1. The molecule has 0 radical (unpaired) electrons. The molecule has 0 spiro atoms. The van der Waals surface area contributed by atoms with Crippen molar-refractivity contribution in [3.05, 3.63) is 24.3 Å². The molecule has 1 heterocycles. The van der Waals surface area contributed by atoms with Gasteiger partial charge in [0.25, 0.3) is 0 Å². The molecule has 0 bridgehead atoms. The van der Waals surface area contributed by atoms with Gasteiger partial charge in [0.05, 0.1) is 0 Å². The zero-order chi connectivity index (χ0) is 13.0. The van der Waals surface area contributed by atoms with Crippen molar-refractivity contribution in [3.63, 3.8) is 0 Å². The van der Waals surface area contributed by atoms with Gasteiger partial charge in [-0.05, 0) is 18.4 Å². The van der Waals surface area contributed by atoms with Crippen LogP contribution in [0.4, 0.5) is 0 Å². The van der Waals surface area contributed by atoms with Gasteiger partial charge in [0.15, 0.2) is 17.7 Å². The molecule has 5 unspecified atom stereocenters. The molecule has 5 atom stereocenters. The number of ether oxygens (including phenoxy) is 1. The molecule has 1 saturated carbocycles. The SMILES string of the molecule is C=C1C(=O)OC2C(=O)C(C)C3C=CC(=O)C3CC12. The van der Waals surface area contributed by atoms with Crippen molar-refractivity contribution in [2.24, 2.45) is 23.7 Å². The van der Waals surface area contributed by atoms with Crippen LogP contribution in [0.1, 0.15) is 13.3 Å². The van der Waals surface area contributed by atoms with Gasteiger partial charge >= 0.3 is 5.97 Å². The summed E-state index contributed by atoms with van der Waals surface area (Å²) in [6, 6.07) is 0. The molecular formula is C14H14O4. The van der Waals surface area contributed by atoms with Crippen LogP contribution in [-0.4, -0.2) is 23.6 Å². The van der Waals surface area contributed by atoms with Crippen LogP contribution in [0.2, 0.25) is 0 Å². The Morgan fingerprint density at radius 2 is 2.00 bits per heavy atom. The maximum atomic E-state index is 12.3. The average molecular weight is 246 g/mol. The molecule has 1 aliphatic heterocycles. The van der Waals surface area contributed by atoms with Gasteiger partial charge < -0.3 is 4.74 Å². The maximum Gasteiger partial charge on any atom is 0.334 e. The molecule has 3 aliphatic rings. The second-order valence-corrected chi connectivity index (χ2v) is 5.33. The van der Waals surface area contributed by atoms with Crippen LogP contribution >= 0.6 is 0 Å². The van der Waals surface area contributed by atoms with Gasteiger partial charge in [-0.15, -0.1) is 0 Å². The van der Waals surface area contributed by atoms with E-state index in [1.165, 1.54) is 0 Å². The maximum absolute atomic E-state index is 12.3. The fourth-order valence-corrected chi connectivity index (χ4v) is 3.29. The molecule has 0 aromatic heterocycles. The minimum Gasteiger partial charge on any atom is -0.450 e. The van der Waals surface area contributed by atoms with Crippen molar-refractivity contribution in [2.75, 3.05) is 0 Å². The van der Waals surface area contributed by atoms with Crippen LogP contribution in [0.15, 0.2) is 24.3 Å². The Balaban J connectivity index is 2.01. The number of hydrogen-bond acceptors (Lipinski definition) is 4. The minimum atomic E-state index is -0.730. The summed E-state index contributed by atoms with van der Waals surface area (Å²) in [5.41, 5.74) is 0.334. The molecule has 0 N–H and O–H groups in total. The molecule has 94 valence electrons. The lowest BCUT2D eigenvalue weighted by molar-refractivity contribution is -0.148. The molecule has 1 saturated heterocycles. The number of esters is 1. The van der Waals surface area contributed by atoms with Crippen molar-refractivity contribution in [3.8, 4) is 0 Å². The van der Waals surface area contributed by atoms with Crippen LogP contribution in [0.3, 0.4) is 0 Å². The van der Waals surface area contributed by atoms with E-state index >= 15 is 0 Å². The fraction of sp³-hybridized carbons (Fsp3) is 0.500. The first-order valence-electron chi connectivity index (χ1n) is 6.16. The number of fused-ring (bicyclic) bond motifs is 2. The largest absolute Gasteiger partial charge is 0.450 e. The molecule has 3 rings (SSSR count). The molecule has 2 aliphatic carbocycles. The van der Waals surface area contributed by atoms with Crippen molar-refractivity contribution < 1.29 is 19.1 Å². The Kier molecular flexibility index (Phi) is 2.30. The van der Waals surface area contributed by atoms with E-state index in [1.54, 1.807) is 13.0 Å². The van der Waals surface area contributed by atoms with Crippen LogP contribution < -0.4 is 0 Å². The molecule has 4 nitrogen and oxygen atoms in total. The average Bonchev–Trinajstić information content (AvgIpc) is 2.80. The van der Waals surface area contributed by atoms with Gasteiger partial charge in [-0.25, -0.2) is 4.79 Å². The van der Waals surface area contributed by atoms with E-state index in [2.05, 4.69) is 6.58 Å². The minimum absolute atomic E-state index is 0.0486. The highest BCUT2D eigenvalue weighted by Crippen LogP contribution is 2.44. The van der Waals surface area contributed by atoms with Gasteiger partial charge in [0.2, 0.25) is 0 Å². The number of ketones is 2. The summed E-state index contributed by atoms with van der Waals surface area (Å²) in [5, 5.41) is 0. The molecule has 0 aromatic rings. The number of allylic oxidation sites excluding steroid dienone is 2. The van der Waals surface area contributed by atoms with Gasteiger partial charge in [-0.2, -0.15) is 0 Å². The Morgan fingerprint density at radius 1 is 1.28 bits per heavy atom. The van der Waals surface area contributed by atoms with Crippen LogP contribution in [0.25, 0.3) is 0 Å². The highest BCUT2D eigenvalue weighted by Gasteiger charge is 2.52. The van der Waals surface area contributed by atoms with Crippen molar-refractivity contribution in [1.29, 1.82) is 0 Å². The fourth-order valence-electron chi connectivity index (χ4n) is 3.29. The van der Waals surface area contributed by atoms with Gasteiger partial charge in [-0.1, -0.05) is 19.6 Å². The molecular weight excluding hydrogens is 232 g/mol. The molecule has 2 fully saturated rings. The van der Waals surface area contributed by atoms with E-state index in [1.807, 2.05) is 6.08 Å². The standard InChI is InChI=1S/C14H14O4/c1-6-8-3-4-11(15)10(8)5-9-7(2)14(17)18-13(9)12(6)16/h3-4,6,8-10,13H,2,5H2,1H3. The number of hydrogen-bond donors (Lipinski definition) is 0. The summed E-state index contributed by atoms with van der Waals surface area (Å²) in [4.78, 5) is 35.6. The number of carbonyl (C=O) groups excluding carboxylic acids is 3. The second-order valence-electron chi connectivity index (χ2n) is 5.33. The van der Waals surface area contributed by atoms with Crippen LogP contribution in [0, 0.1) is 23.7 Å². The highest BCUT2D eigenvalue weighted by molar-refractivity contribution is 6.01. The van der Waals surface area contributed by atoms with E-state index in [-0.39, 0.29) is 35.2 Å². The van der Waals surface area contributed by atoms with E-state index in [9.17, 15) is 14.4 Å². The summed E-state index contributed by atoms with van der Waals surface area (Å²) >= 11 is 0. The number of Topliss-reactive ketones (excluding diaryl/α,β-unsaturated/α-hetero) is 1. The van der Waals surface area contributed by atoms with E-state index < -0.39 is 12.1 Å². The van der Waals surface area contributed by atoms with E-state index in [4.69, 9.17) is 4.74 Å². The first-order valence-corrected chi connectivity index (χ1v) is 6.16. The quantitative estimate of drug-likeness (QED) is 0.473. The van der Waals surface area contributed by atoms with E-state index in [0.29, 0.717) is 12.0 Å². The third-order valence-corrected chi connectivity index (χ3v) is 4.44. The van der Waals surface area contributed by atoms with Crippen LogP contribution in [-0.2, 0) is 19.1 Å². The van der Waals surface area contributed by atoms with Gasteiger partial charge in [-0.3, -0.25) is 9.59 Å². The lowest BCUT2D eigenvalue weighted by Gasteiger charge is -2.20. The smallest absolute Gasteiger partial charge is 0.334 e. The summed E-state index contributed by atoms with van der Waals surface area (Å²) in [6.45, 7) is 5.51. The van der Waals surface area contributed by atoms with Crippen molar-refractivity contribution in [1.82, 2.24) is 0 Å². The Bertz CT molecular complexity index is 502. The molecule has 0 amide bonds. The first-order chi connectivity index (χ1) is 8.50. The monoisotopic (exact) mass is 246 g/mol. The zero-order valence-corrected chi connectivity index (χ0v) is 10.1. The lowest BCUT2D eigenvalue weighted by Crippen LogP contribution is -2.31. The summed E-state index contributed by atoms with van der Waals surface area (Å²) in [6.07, 6.45) is 3.13. The van der Waals surface area contributed by atoms with Gasteiger partial charge in [0.1, 0.15) is 0 Å². The first kappa shape index (κ1) is 11.4. The number of rotatable bonds is 0. The van der Waals surface area contributed by atoms with Gasteiger partial charge in [0, 0.05) is 23.3 Å². The summed E-state index contributed by atoms with van der Waals surface area (Å²) in [5.74, 6) is -1.40. The lowest BCUT2D eigenvalue weighted by atomic mass is 9.82. The topological polar surface area (TPSA) is 60.4 Å². The second kappa shape index (κ2) is 3.64. The molecule has 18 heavy (non-hydrogen) atoms. The Morgan fingerprint density at radius 3 is 2.72 bits per heavy atom. The third kappa shape index (κ3) is 1.35. The summed E-state index contributed by atoms with van der Waals surface area (Å²) in [7, 11) is 0. The third-order valence-electron chi connectivity index (χ3n) is 4.44. The normalized spacial score (nSPS) is 42.6. The van der Waals surface area contributed by atoms with Crippen molar-refractivity contribution in [2.45, 2.75) is 19.4 Å². The summed E-state index contributed by atoms with van der Waals surface area (Å²) < 4.78 is 5.12. The Labute approximate surface area is 105 Å². The van der Waals surface area contributed by atoms with Crippen molar-refractivity contribution >= 4 is 17.5 Å². The predicted octanol–water partition coefficient (Wildman–Crippen LogP) is 1.06. The molecule has 0 aromatic carbocycles. The Hall–Kier alpha value is -1.71. The predicted molar refractivity (Wildman–Crippen MR) is 62.4 cm³/mol. The van der Waals surface area contributed by atoms with Crippen LogP contribution in [0.5, 0.6) is 0 Å². The number of carbonyl (C=O) groups is 3. The highest BCUT2D eigenvalue weighted by atomic mass is 16.6. The molecule has 4 heteroatoms.